The SMILES string of the molecule is CC(=O)Nc1ccc(NC(=S)S)cc1. The van der Waals surface area contributed by atoms with E-state index in [9.17, 15) is 4.79 Å². The van der Waals surface area contributed by atoms with Crippen LogP contribution in [0.25, 0.3) is 0 Å². The molecule has 0 saturated heterocycles. The van der Waals surface area contributed by atoms with Crippen molar-refractivity contribution in [1.82, 2.24) is 0 Å². The quantitative estimate of drug-likeness (QED) is 0.535. The van der Waals surface area contributed by atoms with Crippen LogP contribution >= 0.6 is 24.8 Å². The van der Waals surface area contributed by atoms with Crippen LogP contribution < -0.4 is 10.6 Å². The fourth-order valence-electron chi connectivity index (χ4n) is 0.964. The van der Waals surface area contributed by atoms with Crippen molar-refractivity contribution in [2.45, 2.75) is 6.92 Å². The van der Waals surface area contributed by atoms with Gasteiger partial charge in [-0.15, -0.1) is 12.6 Å². The van der Waals surface area contributed by atoms with Gasteiger partial charge < -0.3 is 10.6 Å². The summed E-state index contributed by atoms with van der Waals surface area (Å²) >= 11 is 8.71. The first kappa shape index (κ1) is 11.0. The van der Waals surface area contributed by atoms with Gasteiger partial charge in [-0.05, 0) is 24.3 Å². The topological polar surface area (TPSA) is 41.1 Å². The Labute approximate surface area is 93.3 Å². The Hall–Kier alpha value is -1.07. The molecule has 0 unspecified atom stereocenters. The number of thiol groups is 1. The lowest BCUT2D eigenvalue weighted by atomic mass is 10.3. The molecule has 2 N–H and O–H groups in total. The number of rotatable bonds is 2. The van der Waals surface area contributed by atoms with Crippen molar-refractivity contribution in [1.29, 1.82) is 0 Å². The van der Waals surface area contributed by atoms with Gasteiger partial charge >= 0.3 is 0 Å². The molecular formula is C9H10N2OS2. The van der Waals surface area contributed by atoms with Gasteiger partial charge in [-0.2, -0.15) is 0 Å². The lowest BCUT2D eigenvalue weighted by molar-refractivity contribution is -0.114. The molecule has 3 nitrogen and oxygen atoms in total. The molecule has 0 bridgehead atoms. The number of hydrogen-bond acceptors (Lipinski definition) is 2. The standard InChI is InChI=1S/C9H10N2OS2/c1-6(12)10-7-2-4-8(5-3-7)11-9(13)14/h2-5H,1H3,(H,10,12)(H2,11,13,14). The lowest BCUT2D eigenvalue weighted by Crippen LogP contribution is -2.06. The Morgan fingerprint density at radius 1 is 1.21 bits per heavy atom. The molecule has 0 aliphatic carbocycles. The summed E-state index contributed by atoms with van der Waals surface area (Å²) in [5, 5.41) is 5.53. The van der Waals surface area contributed by atoms with E-state index in [4.69, 9.17) is 12.2 Å². The summed E-state index contributed by atoms with van der Waals surface area (Å²) in [7, 11) is 0. The van der Waals surface area contributed by atoms with Gasteiger partial charge in [0.1, 0.15) is 4.32 Å². The summed E-state index contributed by atoms with van der Waals surface area (Å²) in [5.41, 5.74) is 1.60. The summed E-state index contributed by atoms with van der Waals surface area (Å²) in [4.78, 5) is 10.7. The van der Waals surface area contributed by atoms with E-state index in [1.54, 1.807) is 12.1 Å². The largest absolute Gasteiger partial charge is 0.341 e. The van der Waals surface area contributed by atoms with Crippen molar-refractivity contribution < 1.29 is 4.79 Å². The highest BCUT2D eigenvalue weighted by Crippen LogP contribution is 2.13. The molecule has 1 aromatic rings. The Kier molecular flexibility index (Phi) is 3.91. The third-order valence-electron chi connectivity index (χ3n) is 1.46. The Morgan fingerprint density at radius 3 is 2.00 bits per heavy atom. The molecule has 0 aliphatic heterocycles. The summed E-state index contributed by atoms with van der Waals surface area (Å²) in [6, 6.07) is 7.20. The van der Waals surface area contributed by atoms with E-state index >= 15 is 0 Å². The average Bonchev–Trinajstić information content (AvgIpc) is 2.06. The van der Waals surface area contributed by atoms with Gasteiger partial charge in [0.25, 0.3) is 0 Å². The van der Waals surface area contributed by atoms with Crippen LogP contribution in [0.2, 0.25) is 0 Å². The second kappa shape index (κ2) is 4.97. The maximum Gasteiger partial charge on any atom is 0.221 e. The first-order valence-corrected chi connectivity index (χ1v) is 4.81. The maximum atomic E-state index is 10.7. The second-order valence-electron chi connectivity index (χ2n) is 2.69. The van der Waals surface area contributed by atoms with E-state index in [0.29, 0.717) is 4.32 Å². The minimum absolute atomic E-state index is 0.0876. The normalized spacial score (nSPS) is 9.29. The highest BCUT2D eigenvalue weighted by molar-refractivity contribution is 8.11. The van der Waals surface area contributed by atoms with Crippen LogP contribution in [0.5, 0.6) is 0 Å². The summed E-state index contributed by atoms with van der Waals surface area (Å²) in [6.07, 6.45) is 0. The highest BCUT2D eigenvalue weighted by Gasteiger charge is 1.96. The van der Waals surface area contributed by atoms with Gasteiger partial charge in [0.05, 0.1) is 0 Å². The smallest absolute Gasteiger partial charge is 0.221 e. The molecule has 0 saturated carbocycles. The first-order valence-electron chi connectivity index (χ1n) is 3.95. The predicted octanol–water partition coefficient (Wildman–Crippen LogP) is 2.27. The number of amides is 1. The molecule has 0 fully saturated rings. The van der Waals surface area contributed by atoms with E-state index in [0.717, 1.165) is 11.4 Å². The van der Waals surface area contributed by atoms with Crippen molar-refractivity contribution in [2.75, 3.05) is 10.6 Å². The van der Waals surface area contributed by atoms with E-state index in [2.05, 4.69) is 23.3 Å². The minimum Gasteiger partial charge on any atom is -0.341 e. The van der Waals surface area contributed by atoms with Crippen LogP contribution in [0.15, 0.2) is 24.3 Å². The molecule has 1 rings (SSSR count). The van der Waals surface area contributed by atoms with Crippen molar-refractivity contribution >= 4 is 46.4 Å². The molecule has 0 radical (unpaired) electrons. The third kappa shape index (κ3) is 3.76. The lowest BCUT2D eigenvalue weighted by Gasteiger charge is -2.05. The number of thiocarbonyl (C=S) groups is 1. The van der Waals surface area contributed by atoms with E-state index < -0.39 is 0 Å². The number of carbonyl (C=O) groups excluding carboxylic acids is 1. The summed E-state index contributed by atoms with van der Waals surface area (Å²) in [5.74, 6) is -0.0876. The van der Waals surface area contributed by atoms with Crippen molar-refractivity contribution in [3.05, 3.63) is 24.3 Å². The number of anilines is 2. The van der Waals surface area contributed by atoms with Crippen LogP contribution in [0.3, 0.4) is 0 Å². The van der Waals surface area contributed by atoms with Crippen LogP contribution in [-0.2, 0) is 4.79 Å². The van der Waals surface area contributed by atoms with E-state index in [-0.39, 0.29) is 5.91 Å². The molecule has 0 heterocycles. The fraction of sp³-hybridized carbons (Fsp3) is 0.111. The summed E-state index contributed by atoms with van der Waals surface area (Å²) in [6.45, 7) is 1.47. The van der Waals surface area contributed by atoms with Gasteiger partial charge in [-0.1, -0.05) is 12.2 Å². The molecule has 0 aromatic heterocycles. The number of carbonyl (C=O) groups is 1. The predicted molar refractivity (Wildman–Crippen MR) is 66.0 cm³/mol. The second-order valence-corrected chi connectivity index (χ2v) is 3.85. The number of hydrogen-bond donors (Lipinski definition) is 3. The van der Waals surface area contributed by atoms with E-state index in [1.807, 2.05) is 12.1 Å². The van der Waals surface area contributed by atoms with Gasteiger partial charge in [-0.25, -0.2) is 0 Å². The van der Waals surface area contributed by atoms with Crippen LogP contribution in [0.1, 0.15) is 6.92 Å². The zero-order valence-corrected chi connectivity index (χ0v) is 9.28. The fourth-order valence-corrected chi connectivity index (χ4v) is 1.21. The number of nitrogens with one attached hydrogen (secondary N) is 2. The van der Waals surface area contributed by atoms with Crippen LogP contribution in [0, 0.1) is 0 Å². The molecule has 5 heteroatoms. The molecular weight excluding hydrogens is 216 g/mol. The van der Waals surface area contributed by atoms with Gasteiger partial charge in [0, 0.05) is 18.3 Å². The van der Waals surface area contributed by atoms with Crippen LogP contribution in [0.4, 0.5) is 11.4 Å². The molecule has 0 atom stereocenters. The molecule has 1 aromatic carbocycles. The highest BCUT2D eigenvalue weighted by atomic mass is 32.1. The van der Waals surface area contributed by atoms with Gasteiger partial charge in [0.2, 0.25) is 5.91 Å². The average molecular weight is 226 g/mol. The van der Waals surface area contributed by atoms with Crippen LogP contribution in [-0.4, -0.2) is 10.2 Å². The van der Waals surface area contributed by atoms with E-state index in [1.165, 1.54) is 6.92 Å². The zero-order valence-electron chi connectivity index (χ0n) is 7.57. The number of benzene rings is 1. The molecule has 0 aliphatic rings. The Bertz CT molecular complexity index is 313. The van der Waals surface area contributed by atoms with Gasteiger partial charge in [0.15, 0.2) is 0 Å². The Morgan fingerprint density at radius 2 is 1.64 bits per heavy atom. The maximum absolute atomic E-state index is 10.7. The molecule has 1 amide bonds. The van der Waals surface area contributed by atoms with Crippen molar-refractivity contribution in [3.63, 3.8) is 0 Å². The first-order chi connectivity index (χ1) is 6.58. The van der Waals surface area contributed by atoms with Crippen molar-refractivity contribution in [3.8, 4) is 0 Å². The molecule has 0 spiro atoms. The zero-order chi connectivity index (χ0) is 10.6. The Balaban J connectivity index is 2.68. The minimum atomic E-state index is -0.0876. The monoisotopic (exact) mass is 226 g/mol. The van der Waals surface area contributed by atoms with Crippen molar-refractivity contribution in [2.24, 2.45) is 0 Å². The summed E-state index contributed by atoms with van der Waals surface area (Å²) < 4.78 is 0.414. The van der Waals surface area contributed by atoms with Gasteiger partial charge in [-0.3, -0.25) is 4.79 Å². The molecule has 14 heavy (non-hydrogen) atoms. The third-order valence-corrected chi connectivity index (χ3v) is 1.67. The molecule has 74 valence electrons.